The van der Waals surface area contributed by atoms with E-state index in [4.69, 9.17) is 0 Å². The van der Waals surface area contributed by atoms with Gasteiger partial charge in [0.2, 0.25) is 5.91 Å². The first-order valence-corrected chi connectivity index (χ1v) is 4.98. The van der Waals surface area contributed by atoms with Gasteiger partial charge in [-0.25, -0.2) is 4.98 Å². The standard InChI is InChI=1S/C10H14N4O/c1-6-7(2)13-9(5-11-6)14-8-3-10(15)12-4-8/h5,8H,3-4H2,1-2H3,(H,12,15)(H,13,14). The van der Waals surface area contributed by atoms with Gasteiger partial charge >= 0.3 is 0 Å². The summed E-state index contributed by atoms with van der Waals surface area (Å²) in [6, 6.07) is 0.133. The van der Waals surface area contributed by atoms with Crippen molar-refractivity contribution < 1.29 is 4.79 Å². The highest BCUT2D eigenvalue weighted by molar-refractivity contribution is 5.79. The Hall–Kier alpha value is -1.65. The molecule has 80 valence electrons. The average Bonchev–Trinajstić information content (AvgIpc) is 2.58. The Bertz CT molecular complexity index is 391. The molecule has 1 atom stereocenters. The van der Waals surface area contributed by atoms with Gasteiger partial charge in [0.25, 0.3) is 0 Å². The molecule has 5 nitrogen and oxygen atoms in total. The van der Waals surface area contributed by atoms with Crippen LogP contribution in [0.4, 0.5) is 5.82 Å². The molecule has 1 aliphatic rings. The Balaban J connectivity index is 2.05. The molecule has 1 aromatic heterocycles. The second kappa shape index (κ2) is 3.84. The molecule has 0 aliphatic carbocycles. The lowest BCUT2D eigenvalue weighted by Crippen LogP contribution is -2.23. The number of hydrogen-bond acceptors (Lipinski definition) is 4. The van der Waals surface area contributed by atoms with Crippen molar-refractivity contribution >= 4 is 11.7 Å². The first-order valence-electron chi connectivity index (χ1n) is 4.98. The van der Waals surface area contributed by atoms with Crippen LogP contribution in [0.3, 0.4) is 0 Å². The molecule has 1 aromatic rings. The van der Waals surface area contributed by atoms with E-state index in [0.717, 1.165) is 17.2 Å². The number of amides is 1. The van der Waals surface area contributed by atoms with E-state index in [0.29, 0.717) is 13.0 Å². The fourth-order valence-corrected chi connectivity index (χ4v) is 1.53. The lowest BCUT2D eigenvalue weighted by atomic mass is 10.2. The second-order valence-electron chi connectivity index (χ2n) is 3.78. The Morgan fingerprint density at radius 2 is 2.27 bits per heavy atom. The second-order valence-corrected chi connectivity index (χ2v) is 3.78. The quantitative estimate of drug-likeness (QED) is 0.734. The van der Waals surface area contributed by atoms with Crippen molar-refractivity contribution in [1.82, 2.24) is 15.3 Å². The molecule has 0 radical (unpaired) electrons. The smallest absolute Gasteiger partial charge is 0.222 e. The van der Waals surface area contributed by atoms with E-state index in [1.165, 1.54) is 0 Å². The maximum atomic E-state index is 11.0. The van der Waals surface area contributed by atoms with Crippen molar-refractivity contribution in [3.8, 4) is 0 Å². The number of aromatic nitrogens is 2. The van der Waals surface area contributed by atoms with Gasteiger partial charge in [-0.2, -0.15) is 0 Å². The van der Waals surface area contributed by atoms with E-state index in [9.17, 15) is 4.79 Å². The highest BCUT2D eigenvalue weighted by Gasteiger charge is 2.21. The minimum atomic E-state index is 0.0873. The summed E-state index contributed by atoms with van der Waals surface area (Å²) >= 11 is 0. The van der Waals surface area contributed by atoms with Crippen LogP contribution in [-0.4, -0.2) is 28.5 Å². The van der Waals surface area contributed by atoms with Crippen LogP contribution in [0.1, 0.15) is 17.8 Å². The summed E-state index contributed by atoms with van der Waals surface area (Å²) in [7, 11) is 0. The third kappa shape index (κ3) is 2.23. The predicted molar refractivity (Wildman–Crippen MR) is 56.5 cm³/mol. The number of hydrogen-bond donors (Lipinski definition) is 2. The van der Waals surface area contributed by atoms with Crippen molar-refractivity contribution in [1.29, 1.82) is 0 Å². The third-order valence-electron chi connectivity index (χ3n) is 2.52. The molecule has 0 bridgehead atoms. The Labute approximate surface area is 88.3 Å². The molecule has 1 aliphatic heterocycles. The topological polar surface area (TPSA) is 66.9 Å². The molecule has 0 spiro atoms. The number of carbonyl (C=O) groups is 1. The van der Waals surface area contributed by atoms with Crippen LogP contribution in [0.2, 0.25) is 0 Å². The van der Waals surface area contributed by atoms with Crippen molar-refractivity contribution in [2.75, 3.05) is 11.9 Å². The summed E-state index contributed by atoms with van der Waals surface area (Å²) in [6.45, 7) is 4.51. The number of anilines is 1. The predicted octanol–water partition coefficient (Wildman–Crippen LogP) is 0.394. The van der Waals surface area contributed by atoms with Crippen molar-refractivity contribution in [3.05, 3.63) is 17.6 Å². The molecule has 1 amide bonds. The Morgan fingerprint density at radius 3 is 2.87 bits per heavy atom. The fourth-order valence-electron chi connectivity index (χ4n) is 1.53. The molecule has 1 fully saturated rings. The van der Waals surface area contributed by atoms with Crippen molar-refractivity contribution in [2.24, 2.45) is 0 Å². The van der Waals surface area contributed by atoms with Crippen LogP contribution in [0.15, 0.2) is 6.20 Å². The van der Waals surface area contributed by atoms with Crippen LogP contribution in [0, 0.1) is 13.8 Å². The summed E-state index contributed by atoms with van der Waals surface area (Å²) in [4.78, 5) is 19.5. The van der Waals surface area contributed by atoms with E-state index >= 15 is 0 Å². The fraction of sp³-hybridized carbons (Fsp3) is 0.500. The minimum Gasteiger partial charge on any atom is -0.364 e. The van der Waals surface area contributed by atoms with E-state index in [-0.39, 0.29) is 11.9 Å². The van der Waals surface area contributed by atoms with Gasteiger partial charge in [-0.3, -0.25) is 9.78 Å². The van der Waals surface area contributed by atoms with E-state index < -0.39 is 0 Å². The number of rotatable bonds is 2. The molecule has 5 heteroatoms. The van der Waals surface area contributed by atoms with E-state index in [1.54, 1.807) is 6.20 Å². The van der Waals surface area contributed by atoms with Gasteiger partial charge in [0, 0.05) is 13.0 Å². The summed E-state index contributed by atoms with van der Waals surface area (Å²) in [5.41, 5.74) is 1.85. The lowest BCUT2D eigenvalue weighted by Gasteiger charge is -2.11. The molecule has 2 heterocycles. The number of aryl methyl sites for hydroxylation is 2. The van der Waals surface area contributed by atoms with Crippen molar-refractivity contribution in [3.63, 3.8) is 0 Å². The molecule has 0 aromatic carbocycles. The van der Waals surface area contributed by atoms with Gasteiger partial charge in [0.15, 0.2) is 0 Å². The molecule has 0 saturated carbocycles. The zero-order valence-electron chi connectivity index (χ0n) is 8.87. The molecule has 2 rings (SSSR count). The van der Waals surface area contributed by atoms with E-state index in [2.05, 4.69) is 20.6 Å². The molecular weight excluding hydrogens is 192 g/mol. The Morgan fingerprint density at radius 1 is 1.47 bits per heavy atom. The number of nitrogens with one attached hydrogen (secondary N) is 2. The van der Waals surface area contributed by atoms with Crippen LogP contribution < -0.4 is 10.6 Å². The van der Waals surface area contributed by atoms with Crippen LogP contribution in [0.25, 0.3) is 0 Å². The van der Waals surface area contributed by atoms with Crippen LogP contribution in [0.5, 0.6) is 0 Å². The van der Waals surface area contributed by atoms with Gasteiger partial charge < -0.3 is 10.6 Å². The lowest BCUT2D eigenvalue weighted by molar-refractivity contribution is -0.119. The van der Waals surface area contributed by atoms with Crippen molar-refractivity contribution in [2.45, 2.75) is 26.3 Å². The first kappa shape index (κ1) is 9.89. The highest BCUT2D eigenvalue weighted by atomic mass is 16.1. The number of carbonyl (C=O) groups excluding carboxylic acids is 1. The number of nitrogens with zero attached hydrogens (tertiary/aromatic N) is 2. The van der Waals surface area contributed by atoms with E-state index in [1.807, 2.05) is 13.8 Å². The van der Waals surface area contributed by atoms with Crippen LogP contribution >= 0.6 is 0 Å². The van der Waals surface area contributed by atoms with Gasteiger partial charge in [0.1, 0.15) is 5.82 Å². The molecule has 2 N–H and O–H groups in total. The largest absolute Gasteiger partial charge is 0.364 e. The SMILES string of the molecule is Cc1ncc(NC2CNC(=O)C2)nc1C. The van der Waals surface area contributed by atoms with Gasteiger partial charge in [-0.15, -0.1) is 0 Å². The normalized spacial score (nSPS) is 20.1. The third-order valence-corrected chi connectivity index (χ3v) is 2.52. The van der Waals surface area contributed by atoms with Gasteiger partial charge in [-0.1, -0.05) is 0 Å². The maximum Gasteiger partial charge on any atom is 0.222 e. The maximum absolute atomic E-state index is 11.0. The average molecular weight is 206 g/mol. The molecule has 15 heavy (non-hydrogen) atoms. The summed E-state index contributed by atoms with van der Waals surface area (Å²) in [5, 5.41) is 5.95. The Kier molecular flexibility index (Phi) is 2.53. The van der Waals surface area contributed by atoms with Crippen LogP contribution in [-0.2, 0) is 4.79 Å². The zero-order chi connectivity index (χ0) is 10.8. The summed E-state index contributed by atoms with van der Waals surface area (Å²) < 4.78 is 0. The zero-order valence-corrected chi connectivity index (χ0v) is 8.87. The molecule has 1 unspecified atom stereocenters. The van der Waals surface area contributed by atoms with Gasteiger partial charge in [-0.05, 0) is 13.8 Å². The highest BCUT2D eigenvalue weighted by Crippen LogP contribution is 2.10. The first-order chi connectivity index (χ1) is 7.15. The molecule has 1 saturated heterocycles. The minimum absolute atomic E-state index is 0.0873. The summed E-state index contributed by atoms with van der Waals surface area (Å²) in [5.74, 6) is 0.823. The monoisotopic (exact) mass is 206 g/mol. The summed E-state index contributed by atoms with van der Waals surface area (Å²) in [6.07, 6.45) is 2.21. The molecular formula is C10H14N4O. The van der Waals surface area contributed by atoms with Gasteiger partial charge in [0.05, 0.1) is 23.6 Å².